The van der Waals surface area contributed by atoms with Crippen molar-refractivity contribution in [2.45, 2.75) is 65.3 Å². The Labute approximate surface area is 117 Å². The van der Waals surface area contributed by atoms with Gasteiger partial charge in [-0.2, -0.15) is 5.10 Å². The SMILES string of the molecule is CCC(CC)n1ccc(CC(C(C)C)C(C)Cl)n1. The Hall–Kier alpha value is -0.500. The van der Waals surface area contributed by atoms with Crippen molar-refractivity contribution in [2.75, 3.05) is 0 Å². The molecule has 0 fully saturated rings. The van der Waals surface area contributed by atoms with Crippen LogP contribution in [0.2, 0.25) is 0 Å². The Bertz CT molecular complexity index is 332. The number of nitrogens with zero attached hydrogens (tertiary/aromatic N) is 2. The van der Waals surface area contributed by atoms with Crippen LogP contribution < -0.4 is 0 Å². The van der Waals surface area contributed by atoms with Gasteiger partial charge in [0.1, 0.15) is 0 Å². The molecular weight excluding hydrogens is 244 g/mol. The maximum Gasteiger partial charge on any atom is 0.0628 e. The highest BCUT2D eigenvalue weighted by atomic mass is 35.5. The molecule has 2 nitrogen and oxygen atoms in total. The van der Waals surface area contributed by atoms with Gasteiger partial charge in [-0.05, 0) is 44.1 Å². The van der Waals surface area contributed by atoms with Gasteiger partial charge in [0.2, 0.25) is 0 Å². The first-order valence-electron chi connectivity index (χ1n) is 7.17. The van der Waals surface area contributed by atoms with Gasteiger partial charge in [0, 0.05) is 11.6 Å². The quantitative estimate of drug-likeness (QED) is 0.658. The Morgan fingerprint density at radius 3 is 2.28 bits per heavy atom. The zero-order valence-electron chi connectivity index (χ0n) is 12.4. The van der Waals surface area contributed by atoms with Crippen LogP contribution in [0.15, 0.2) is 12.3 Å². The molecule has 0 aromatic carbocycles. The van der Waals surface area contributed by atoms with Gasteiger partial charge >= 0.3 is 0 Å². The summed E-state index contributed by atoms with van der Waals surface area (Å²) in [5.41, 5.74) is 1.17. The van der Waals surface area contributed by atoms with Gasteiger partial charge in [-0.1, -0.05) is 27.7 Å². The first kappa shape index (κ1) is 15.6. The summed E-state index contributed by atoms with van der Waals surface area (Å²) in [7, 11) is 0. The smallest absolute Gasteiger partial charge is 0.0628 e. The highest BCUT2D eigenvalue weighted by Crippen LogP contribution is 2.24. The first-order chi connectivity index (χ1) is 8.49. The van der Waals surface area contributed by atoms with Crippen molar-refractivity contribution in [1.29, 1.82) is 0 Å². The van der Waals surface area contributed by atoms with Crippen molar-refractivity contribution in [1.82, 2.24) is 9.78 Å². The average Bonchev–Trinajstić information content (AvgIpc) is 2.75. The van der Waals surface area contributed by atoms with Crippen LogP contribution in [0.25, 0.3) is 0 Å². The number of rotatable bonds is 7. The molecule has 18 heavy (non-hydrogen) atoms. The lowest BCUT2D eigenvalue weighted by atomic mass is 9.89. The molecule has 0 bridgehead atoms. The lowest BCUT2D eigenvalue weighted by Crippen LogP contribution is -2.21. The maximum absolute atomic E-state index is 6.28. The Morgan fingerprint density at radius 2 is 1.83 bits per heavy atom. The Morgan fingerprint density at radius 1 is 1.22 bits per heavy atom. The number of hydrogen-bond acceptors (Lipinski definition) is 1. The molecule has 2 atom stereocenters. The van der Waals surface area contributed by atoms with E-state index in [1.54, 1.807) is 0 Å². The normalized spacial score (nSPS) is 15.3. The van der Waals surface area contributed by atoms with Crippen molar-refractivity contribution < 1.29 is 0 Å². The second-order valence-electron chi connectivity index (χ2n) is 5.55. The monoisotopic (exact) mass is 270 g/mol. The van der Waals surface area contributed by atoms with E-state index >= 15 is 0 Å². The molecule has 0 amide bonds. The number of halogens is 1. The van der Waals surface area contributed by atoms with Crippen LogP contribution in [0.4, 0.5) is 0 Å². The van der Waals surface area contributed by atoms with E-state index in [1.807, 2.05) is 0 Å². The number of alkyl halides is 1. The predicted octanol–water partition coefficient (Wildman–Crippen LogP) is 4.69. The molecule has 0 saturated carbocycles. The Balaban J connectivity index is 2.73. The lowest BCUT2D eigenvalue weighted by molar-refractivity contribution is 0.367. The molecule has 0 saturated heterocycles. The lowest BCUT2D eigenvalue weighted by Gasteiger charge is -2.22. The molecule has 2 unspecified atom stereocenters. The minimum Gasteiger partial charge on any atom is -0.269 e. The zero-order chi connectivity index (χ0) is 13.7. The van der Waals surface area contributed by atoms with Gasteiger partial charge in [0.05, 0.1) is 11.7 Å². The zero-order valence-corrected chi connectivity index (χ0v) is 13.1. The van der Waals surface area contributed by atoms with Crippen LogP contribution in [0.3, 0.4) is 0 Å². The van der Waals surface area contributed by atoms with Crippen LogP contribution in [-0.4, -0.2) is 15.2 Å². The summed E-state index contributed by atoms with van der Waals surface area (Å²) in [6.45, 7) is 11.0. The van der Waals surface area contributed by atoms with E-state index < -0.39 is 0 Å². The second kappa shape index (κ2) is 7.18. The van der Waals surface area contributed by atoms with Crippen molar-refractivity contribution in [3.05, 3.63) is 18.0 Å². The number of aromatic nitrogens is 2. The van der Waals surface area contributed by atoms with Gasteiger partial charge in [-0.25, -0.2) is 0 Å². The van der Waals surface area contributed by atoms with Gasteiger partial charge in [0.25, 0.3) is 0 Å². The third-order valence-corrected chi connectivity index (χ3v) is 4.19. The topological polar surface area (TPSA) is 17.8 Å². The molecule has 104 valence electrons. The van der Waals surface area contributed by atoms with E-state index in [-0.39, 0.29) is 5.38 Å². The fraction of sp³-hybridized carbons (Fsp3) is 0.800. The van der Waals surface area contributed by atoms with Crippen LogP contribution >= 0.6 is 11.6 Å². The summed E-state index contributed by atoms with van der Waals surface area (Å²) in [4.78, 5) is 0. The summed E-state index contributed by atoms with van der Waals surface area (Å²) >= 11 is 6.28. The van der Waals surface area contributed by atoms with E-state index in [0.717, 1.165) is 19.3 Å². The van der Waals surface area contributed by atoms with Gasteiger partial charge in [0.15, 0.2) is 0 Å². The molecule has 3 heteroatoms. The van der Waals surface area contributed by atoms with Crippen molar-refractivity contribution in [3.8, 4) is 0 Å². The van der Waals surface area contributed by atoms with Crippen LogP contribution in [0.1, 0.15) is 59.2 Å². The number of hydrogen-bond donors (Lipinski definition) is 0. The van der Waals surface area contributed by atoms with Gasteiger partial charge < -0.3 is 0 Å². The molecule has 1 aromatic rings. The van der Waals surface area contributed by atoms with Gasteiger partial charge in [-0.3, -0.25) is 4.68 Å². The summed E-state index contributed by atoms with van der Waals surface area (Å²) in [5, 5.41) is 4.91. The van der Waals surface area contributed by atoms with Crippen molar-refractivity contribution in [2.24, 2.45) is 11.8 Å². The summed E-state index contributed by atoms with van der Waals surface area (Å²) in [6, 6.07) is 2.68. The Kier molecular flexibility index (Phi) is 6.20. The van der Waals surface area contributed by atoms with Crippen molar-refractivity contribution in [3.63, 3.8) is 0 Å². The van der Waals surface area contributed by atoms with Crippen molar-refractivity contribution >= 4 is 11.6 Å². The van der Waals surface area contributed by atoms with Crippen LogP contribution in [-0.2, 0) is 6.42 Å². The fourth-order valence-corrected chi connectivity index (χ4v) is 2.90. The third kappa shape index (κ3) is 4.01. The van der Waals surface area contributed by atoms with Gasteiger partial charge in [-0.15, -0.1) is 11.6 Å². The van der Waals surface area contributed by atoms with Crippen LogP contribution in [0.5, 0.6) is 0 Å². The predicted molar refractivity (Wildman–Crippen MR) is 79.2 cm³/mol. The molecule has 0 N–H and O–H groups in total. The van der Waals surface area contributed by atoms with Crippen LogP contribution in [0, 0.1) is 11.8 Å². The molecule has 0 spiro atoms. The van der Waals surface area contributed by atoms with E-state index in [0.29, 0.717) is 17.9 Å². The van der Waals surface area contributed by atoms with E-state index in [1.165, 1.54) is 5.69 Å². The highest BCUT2D eigenvalue weighted by Gasteiger charge is 2.21. The fourth-order valence-electron chi connectivity index (χ4n) is 2.52. The molecule has 0 aliphatic carbocycles. The average molecular weight is 271 g/mol. The standard InChI is InChI=1S/C15H27ClN2/c1-6-14(7-2)18-9-8-13(17-18)10-15(11(3)4)12(5)16/h8-9,11-12,14-15H,6-7,10H2,1-5H3. The minimum atomic E-state index is 0.197. The largest absolute Gasteiger partial charge is 0.269 e. The summed E-state index contributed by atoms with van der Waals surface area (Å²) < 4.78 is 2.12. The molecule has 0 aliphatic heterocycles. The second-order valence-corrected chi connectivity index (χ2v) is 6.24. The molecule has 1 heterocycles. The molecule has 1 rings (SSSR count). The summed E-state index contributed by atoms with van der Waals surface area (Å²) in [5.74, 6) is 1.09. The molecule has 0 aliphatic rings. The highest BCUT2D eigenvalue weighted by molar-refractivity contribution is 6.20. The minimum absolute atomic E-state index is 0.197. The third-order valence-electron chi connectivity index (χ3n) is 3.87. The maximum atomic E-state index is 6.28. The first-order valence-corrected chi connectivity index (χ1v) is 7.61. The summed E-state index contributed by atoms with van der Waals surface area (Å²) in [6.07, 6.45) is 5.37. The van der Waals surface area contributed by atoms with E-state index in [2.05, 4.69) is 51.6 Å². The molecule has 0 radical (unpaired) electrons. The molecule has 1 aromatic heterocycles. The molecular formula is C15H27ClN2. The van der Waals surface area contributed by atoms with E-state index in [9.17, 15) is 0 Å². The van der Waals surface area contributed by atoms with E-state index in [4.69, 9.17) is 16.7 Å².